The van der Waals surface area contributed by atoms with Gasteiger partial charge in [-0.1, -0.05) is 18.2 Å². The van der Waals surface area contributed by atoms with Crippen molar-refractivity contribution in [1.82, 2.24) is 68.9 Å². The van der Waals surface area contributed by atoms with E-state index in [-0.39, 0.29) is 59.2 Å². The summed E-state index contributed by atoms with van der Waals surface area (Å²) in [6.45, 7) is 14.9. The maximum absolute atomic E-state index is 13.7. The van der Waals surface area contributed by atoms with Gasteiger partial charge in [0, 0.05) is 157 Å². The van der Waals surface area contributed by atoms with Crippen LogP contribution in [0.15, 0.2) is 165 Å². The van der Waals surface area contributed by atoms with E-state index < -0.39 is 5.60 Å². The SMILES string of the molecule is CN1CCN(CC2(O)CCN(c3ccc(Nc4ccc(-c5cnc6cc(F)ccn56)c5c4C(=O)NC5)nc3)CC2)CC1.C[C@@H](O)[C@H]1CCCN(c2ccc(Nc3ccc(-c4cnc5cc(F)ccn45)c4c3C(=O)NC4)nc2)C1.C[C@H](O)[C@@H]1CCCN(c2ccc(Nc3ccc(-c4cnc5cc(F)ccn45)c4c3C(=O)NC4)nc2)C1. The number of nitrogens with one attached hydrogen (secondary N) is 6. The molecule has 19 rings (SSSR count). The van der Waals surface area contributed by atoms with E-state index in [4.69, 9.17) is 0 Å². The van der Waals surface area contributed by atoms with Crippen LogP contribution in [0.4, 0.5) is 64.7 Å². The van der Waals surface area contributed by atoms with Crippen LogP contribution in [0.1, 0.15) is 100 Å². The average Bonchev–Trinajstić information content (AvgIpc) is 1.60. The number of halogens is 3. The van der Waals surface area contributed by atoms with E-state index >= 15 is 0 Å². The fraction of sp³-hybridized carbons (Fsp3) is 0.329. The minimum absolute atomic E-state index is 0.150. The number of nitrogens with zero attached hydrogens (tertiary/aromatic N) is 14. The molecule has 26 nitrogen and oxygen atoms in total. The van der Waals surface area contributed by atoms with Crippen molar-refractivity contribution < 1.29 is 42.9 Å². The van der Waals surface area contributed by atoms with Crippen molar-refractivity contribution in [3.8, 4) is 33.8 Å². The predicted molar refractivity (Wildman–Crippen MR) is 431 cm³/mol. The van der Waals surface area contributed by atoms with Gasteiger partial charge in [-0.05, 0) is 149 Å². The zero-order valence-electron chi connectivity index (χ0n) is 63.5. The number of piperidine rings is 3. The minimum Gasteiger partial charge on any atom is -0.393 e. The Morgan fingerprint density at radius 2 is 0.816 bits per heavy atom. The number of β-amino-alcohol motifs (C(OH)–C–C–N with tert-alkyl or cyclic N) is 1. The molecule has 9 aromatic heterocycles. The number of pyridine rings is 6. The summed E-state index contributed by atoms with van der Waals surface area (Å²) < 4.78 is 46.4. The number of aliphatic hydroxyl groups excluding tert-OH is 2. The maximum atomic E-state index is 13.7. The lowest BCUT2D eigenvalue weighted by Crippen LogP contribution is -2.54. The number of anilines is 9. The van der Waals surface area contributed by atoms with Gasteiger partial charge in [0.05, 0.1) is 123 Å². The molecule has 4 atom stereocenters. The molecule has 0 spiro atoms. The van der Waals surface area contributed by atoms with Crippen molar-refractivity contribution in [2.24, 2.45) is 11.8 Å². The van der Waals surface area contributed by atoms with Gasteiger partial charge in [0.15, 0.2) is 0 Å². The summed E-state index contributed by atoms with van der Waals surface area (Å²) in [5.41, 5.74) is 15.3. The Hall–Kier alpha value is -12.0. The van der Waals surface area contributed by atoms with Gasteiger partial charge >= 0.3 is 0 Å². The van der Waals surface area contributed by atoms with E-state index in [0.29, 0.717) is 87.8 Å². The second kappa shape index (κ2) is 31.5. The van der Waals surface area contributed by atoms with Gasteiger partial charge < -0.3 is 66.8 Å². The first-order valence-corrected chi connectivity index (χ1v) is 39.0. The Bertz CT molecular complexity index is 5380. The first-order chi connectivity index (χ1) is 55.3. The largest absolute Gasteiger partial charge is 0.393 e. The average molecular weight is 1540 g/mol. The van der Waals surface area contributed by atoms with Crippen LogP contribution in [-0.2, 0) is 19.6 Å². The number of fused-ring (bicyclic) bond motifs is 6. The van der Waals surface area contributed by atoms with Crippen molar-refractivity contribution in [2.45, 2.75) is 89.8 Å². The van der Waals surface area contributed by atoms with Gasteiger partial charge in [0.25, 0.3) is 17.7 Å². The number of likely N-dealkylation sites (N-methyl/N-ethyl adjacent to an activating group) is 1. The van der Waals surface area contributed by atoms with Crippen LogP contribution in [0.25, 0.3) is 50.7 Å². The highest BCUT2D eigenvalue weighted by molar-refractivity contribution is 6.08. The molecule has 9 N–H and O–H groups in total. The van der Waals surface area contributed by atoms with E-state index in [0.717, 1.165) is 178 Å². The van der Waals surface area contributed by atoms with E-state index in [2.05, 4.69) is 93.4 Å². The molecule has 114 heavy (non-hydrogen) atoms. The monoisotopic (exact) mass is 1540 g/mol. The van der Waals surface area contributed by atoms with Gasteiger partial charge in [-0.25, -0.2) is 43.1 Å². The summed E-state index contributed by atoms with van der Waals surface area (Å²) in [7, 11) is 2.15. The molecule has 4 saturated heterocycles. The smallest absolute Gasteiger partial charge is 0.254 e. The minimum atomic E-state index is -0.645. The number of piperazine rings is 1. The summed E-state index contributed by atoms with van der Waals surface area (Å²) in [5, 5.41) is 49.9. The van der Waals surface area contributed by atoms with Crippen LogP contribution in [0.3, 0.4) is 0 Å². The molecule has 29 heteroatoms. The Morgan fingerprint density at radius 3 is 1.16 bits per heavy atom. The molecule has 0 bridgehead atoms. The number of carbonyl (C=O) groups excluding carboxylic acids is 3. The fourth-order valence-corrected chi connectivity index (χ4v) is 16.9. The third-order valence-electron chi connectivity index (χ3n) is 23.4. The number of amides is 3. The highest BCUT2D eigenvalue weighted by Crippen LogP contribution is 2.41. The Labute approximate surface area is 655 Å². The normalized spacial score (nSPS) is 18.6. The number of aromatic nitrogens is 9. The van der Waals surface area contributed by atoms with Crippen LogP contribution in [0.5, 0.6) is 0 Å². The number of benzene rings is 3. The number of carbonyl (C=O) groups is 3. The molecule has 4 fully saturated rings. The molecule has 16 heterocycles. The molecule has 7 aliphatic rings. The second-order valence-electron chi connectivity index (χ2n) is 30.8. The standard InChI is InChI=1S/C31H35FN8O2.2C27H27FN6O2/c1-37-12-14-38(15-13-37)20-31(42)7-10-39(11-8-31)22-2-5-27(33-17-22)36-25-4-3-23(24-18-35-30(41)29(24)25)26-19-34-28-16-21(32)6-9-40(26)28;2*1-16(35)17-3-2-9-33(15-17)19-4-7-24(29-12-19)32-22-6-5-20(21-13-31-27(36)26(21)22)23-14-30-25-11-18(28)8-10-34(23)25/h2-6,9,16-17,19,42H,7-8,10-15,18,20H2,1H3,(H,33,36)(H,35,41);2*4-8,10-12,14,16-17,35H,2-3,9,13,15H2,1H3,(H,29,32)(H,31,36)/t;2*16-,17+/m.10/s1. The zero-order valence-corrected chi connectivity index (χ0v) is 63.5. The predicted octanol–water partition coefficient (Wildman–Crippen LogP) is 11.3. The molecule has 3 aromatic carbocycles. The molecule has 0 aliphatic carbocycles. The molecule has 7 aliphatic heterocycles. The lowest BCUT2D eigenvalue weighted by Gasteiger charge is -2.43. The lowest BCUT2D eigenvalue weighted by atomic mass is 9.90. The summed E-state index contributed by atoms with van der Waals surface area (Å²) in [6, 6.07) is 31.6. The van der Waals surface area contributed by atoms with E-state index in [9.17, 15) is 42.9 Å². The number of rotatable bonds is 16. The molecule has 0 saturated carbocycles. The second-order valence-corrected chi connectivity index (χ2v) is 30.8. The molecular formula is C85H89F3N20O6. The topological polar surface area (TPSA) is 291 Å². The lowest BCUT2D eigenvalue weighted by molar-refractivity contribution is -0.0250. The summed E-state index contributed by atoms with van der Waals surface area (Å²) in [6.07, 6.45) is 20.5. The van der Waals surface area contributed by atoms with Crippen LogP contribution >= 0.6 is 0 Å². The van der Waals surface area contributed by atoms with Crippen LogP contribution in [0.2, 0.25) is 0 Å². The van der Waals surface area contributed by atoms with Crippen LogP contribution in [0, 0.1) is 29.3 Å². The number of hydrogen-bond donors (Lipinski definition) is 9. The zero-order chi connectivity index (χ0) is 78.5. The van der Waals surface area contributed by atoms with Gasteiger partial charge in [-0.3, -0.25) is 32.5 Å². The molecule has 3 amide bonds. The number of hydrogen-bond acceptors (Lipinski definition) is 20. The molecule has 586 valence electrons. The van der Waals surface area contributed by atoms with Gasteiger partial charge in [-0.15, -0.1) is 0 Å². The highest BCUT2D eigenvalue weighted by atomic mass is 19.1. The third kappa shape index (κ3) is 15.3. The van der Waals surface area contributed by atoms with Crippen molar-refractivity contribution in [2.75, 3.05) is 110 Å². The first-order valence-electron chi connectivity index (χ1n) is 39.0. The van der Waals surface area contributed by atoms with Crippen molar-refractivity contribution in [3.63, 3.8) is 0 Å². The van der Waals surface area contributed by atoms with E-state index in [1.54, 1.807) is 37.2 Å². The number of imidazole rings is 3. The van der Waals surface area contributed by atoms with E-state index in [1.807, 2.05) is 118 Å². The quantitative estimate of drug-likeness (QED) is 0.0434. The van der Waals surface area contributed by atoms with Gasteiger partial charge in [0.2, 0.25) is 0 Å². The molecule has 0 radical (unpaired) electrons. The Kier molecular flexibility index (Phi) is 20.6. The van der Waals surface area contributed by atoms with Crippen molar-refractivity contribution in [3.05, 3.63) is 216 Å². The van der Waals surface area contributed by atoms with Gasteiger partial charge in [0.1, 0.15) is 51.8 Å². The first kappa shape index (κ1) is 74.7. The maximum Gasteiger partial charge on any atom is 0.254 e. The molecular weight excluding hydrogens is 1450 g/mol. The van der Waals surface area contributed by atoms with Crippen molar-refractivity contribution in [1.29, 1.82) is 0 Å². The van der Waals surface area contributed by atoms with Crippen LogP contribution in [-0.4, -0.2) is 183 Å². The van der Waals surface area contributed by atoms with E-state index in [1.165, 1.54) is 36.4 Å². The Morgan fingerprint density at radius 1 is 0.456 bits per heavy atom. The molecule has 0 unspecified atom stereocenters. The van der Waals surface area contributed by atoms with Gasteiger partial charge in [-0.2, -0.15) is 0 Å². The number of aliphatic hydroxyl groups is 3. The summed E-state index contributed by atoms with van der Waals surface area (Å²) in [5.74, 6) is 0.974. The van der Waals surface area contributed by atoms with Crippen LogP contribution < -0.4 is 46.6 Å². The summed E-state index contributed by atoms with van der Waals surface area (Å²) >= 11 is 0. The van der Waals surface area contributed by atoms with Crippen molar-refractivity contribution >= 4 is 86.2 Å². The summed E-state index contributed by atoms with van der Waals surface area (Å²) in [4.78, 5) is 76.8. The fourth-order valence-electron chi connectivity index (χ4n) is 16.9. The third-order valence-corrected chi connectivity index (χ3v) is 23.4. The molecule has 12 aromatic rings. The highest BCUT2D eigenvalue weighted by Gasteiger charge is 2.37. The Balaban J connectivity index is 0.000000124.